The number of methoxy groups -OCH3 is 1. The van der Waals surface area contributed by atoms with E-state index >= 15 is 0 Å². The second kappa shape index (κ2) is 4.97. The van der Waals surface area contributed by atoms with Crippen LogP contribution in [0.4, 0.5) is 0 Å². The number of rotatable bonds is 2. The van der Waals surface area contributed by atoms with Gasteiger partial charge in [-0.1, -0.05) is 31.6 Å². The predicted molar refractivity (Wildman–Crippen MR) is 72.9 cm³/mol. The van der Waals surface area contributed by atoms with Gasteiger partial charge in [-0.25, -0.2) is 0 Å². The van der Waals surface area contributed by atoms with E-state index < -0.39 is 0 Å². The zero-order valence-corrected chi connectivity index (χ0v) is 11.8. The van der Waals surface area contributed by atoms with Crippen LogP contribution in [-0.4, -0.2) is 13.7 Å². The van der Waals surface area contributed by atoms with Crippen molar-refractivity contribution in [3.8, 4) is 0 Å². The normalized spacial score (nSPS) is 38.4. The summed E-state index contributed by atoms with van der Waals surface area (Å²) < 4.78 is 5.32. The third-order valence-corrected chi connectivity index (χ3v) is 4.69. The van der Waals surface area contributed by atoms with Crippen LogP contribution in [-0.2, 0) is 4.74 Å². The maximum Gasteiger partial charge on any atom is 0.0673 e. The van der Waals surface area contributed by atoms with Crippen molar-refractivity contribution in [1.29, 1.82) is 0 Å². The van der Waals surface area contributed by atoms with Crippen LogP contribution in [0.15, 0.2) is 23.3 Å². The maximum atomic E-state index is 5.32. The van der Waals surface area contributed by atoms with Gasteiger partial charge in [0.25, 0.3) is 0 Å². The Morgan fingerprint density at radius 3 is 2.82 bits per heavy atom. The van der Waals surface area contributed by atoms with Gasteiger partial charge in [0.2, 0.25) is 0 Å². The molecule has 0 aromatic rings. The van der Waals surface area contributed by atoms with Gasteiger partial charge in [0, 0.05) is 7.11 Å². The Morgan fingerprint density at radius 2 is 2.12 bits per heavy atom. The highest BCUT2D eigenvalue weighted by Gasteiger charge is 2.55. The quantitative estimate of drug-likeness (QED) is 0.645. The Balaban J connectivity index is 2.13. The molecule has 0 spiro atoms. The fourth-order valence-electron chi connectivity index (χ4n) is 3.30. The first kappa shape index (κ1) is 12.9. The molecular weight excluding hydrogens is 208 g/mol. The minimum Gasteiger partial charge on any atom is -0.380 e. The van der Waals surface area contributed by atoms with Crippen molar-refractivity contribution in [2.24, 2.45) is 17.3 Å². The van der Waals surface area contributed by atoms with Crippen LogP contribution in [0, 0.1) is 17.3 Å². The molecule has 0 radical (unpaired) electrons. The Morgan fingerprint density at radius 1 is 1.35 bits per heavy atom. The second-order valence-electron chi connectivity index (χ2n) is 6.34. The summed E-state index contributed by atoms with van der Waals surface area (Å²) in [5.74, 6) is 1.68. The number of fused-ring (bicyclic) bond motifs is 1. The van der Waals surface area contributed by atoms with Gasteiger partial charge < -0.3 is 4.74 Å². The molecule has 1 heteroatoms. The highest BCUT2D eigenvalue weighted by Crippen LogP contribution is 2.61. The predicted octanol–water partition coefficient (Wildman–Crippen LogP) is 4.35. The van der Waals surface area contributed by atoms with Crippen LogP contribution in [0.2, 0.25) is 0 Å². The van der Waals surface area contributed by atoms with Crippen LogP contribution in [0.3, 0.4) is 0 Å². The van der Waals surface area contributed by atoms with Crippen LogP contribution in [0.25, 0.3) is 0 Å². The van der Waals surface area contributed by atoms with E-state index in [0.717, 1.165) is 18.4 Å². The van der Waals surface area contributed by atoms with Gasteiger partial charge in [-0.05, 0) is 55.4 Å². The van der Waals surface area contributed by atoms with E-state index in [1.165, 1.54) is 31.3 Å². The molecule has 2 atom stereocenters. The van der Waals surface area contributed by atoms with Crippen molar-refractivity contribution >= 4 is 0 Å². The molecule has 2 aliphatic carbocycles. The van der Waals surface area contributed by atoms with Gasteiger partial charge >= 0.3 is 0 Å². The van der Waals surface area contributed by atoms with Gasteiger partial charge in [0.05, 0.1) is 6.61 Å². The molecule has 0 bridgehead atoms. The molecular formula is C16H26O. The zero-order chi connectivity index (χ0) is 12.5. The molecule has 1 nitrogen and oxygen atoms in total. The van der Waals surface area contributed by atoms with Crippen molar-refractivity contribution in [2.45, 2.75) is 46.5 Å². The number of allylic oxidation sites excluding steroid dienone is 3. The summed E-state index contributed by atoms with van der Waals surface area (Å²) in [4.78, 5) is 0. The van der Waals surface area contributed by atoms with E-state index in [-0.39, 0.29) is 0 Å². The molecule has 2 aliphatic rings. The van der Waals surface area contributed by atoms with Gasteiger partial charge in [0.1, 0.15) is 0 Å². The average molecular weight is 234 g/mol. The lowest BCUT2D eigenvalue weighted by Gasteiger charge is -2.08. The number of hydrogen-bond donors (Lipinski definition) is 0. The van der Waals surface area contributed by atoms with Crippen molar-refractivity contribution in [3.63, 3.8) is 0 Å². The molecule has 0 heterocycles. The van der Waals surface area contributed by atoms with E-state index in [1.54, 1.807) is 12.7 Å². The third-order valence-electron chi connectivity index (χ3n) is 4.69. The Labute approximate surface area is 106 Å². The highest BCUT2D eigenvalue weighted by atomic mass is 16.5. The van der Waals surface area contributed by atoms with Crippen molar-refractivity contribution in [1.82, 2.24) is 0 Å². The fraction of sp³-hybridized carbons (Fsp3) is 0.750. The summed E-state index contributed by atoms with van der Waals surface area (Å²) in [6.45, 7) is 7.93. The van der Waals surface area contributed by atoms with Gasteiger partial charge in [0.15, 0.2) is 0 Å². The van der Waals surface area contributed by atoms with Gasteiger partial charge in [-0.3, -0.25) is 0 Å². The molecule has 2 rings (SSSR count). The molecule has 0 amide bonds. The standard InChI is InChI=1S/C16H26O/c1-12-6-5-7-13(11-17-4)10-15-14(9-8-12)16(15,2)3/h6,10,14-15H,5,7-9,11H2,1-4H3/b12-6+,13-10-/t14-,15+/m0/s1. The first-order valence-corrected chi connectivity index (χ1v) is 6.90. The molecule has 96 valence electrons. The Bertz CT molecular complexity index is 335. The summed E-state index contributed by atoms with van der Waals surface area (Å²) >= 11 is 0. The molecule has 0 N–H and O–H groups in total. The first-order valence-electron chi connectivity index (χ1n) is 6.90. The molecule has 0 saturated heterocycles. The van der Waals surface area contributed by atoms with E-state index in [2.05, 4.69) is 32.9 Å². The minimum atomic E-state index is 0.517. The van der Waals surface area contributed by atoms with Gasteiger partial charge in [-0.2, -0.15) is 0 Å². The third kappa shape index (κ3) is 2.82. The minimum absolute atomic E-state index is 0.517. The summed E-state index contributed by atoms with van der Waals surface area (Å²) in [5, 5.41) is 0. The molecule has 1 fully saturated rings. The monoisotopic (exact) mass is 234 g/mol. The van der Waals surface area contributed by atoms with Crippen molar-refractivity contribution < 1.29 is 4.74 Å². The lowest BCUT2D eigenvalue weighted by molar-refractivity contribution is 0.222. The van der Waals surface area contributed by atoms with Crippen LogP contribution >= 0.6 is 0 Å². The van der Waals surface area contributed by atoms with E-state index in [4.69, 9.17) is 4.74 Å². The second-order valence-corrected chi connectivity index (χ2v) is 6.34. The van der Waals surface area contributed by atoms with E-state index in [0.29, 0.717) is 5.41 Å². The molecule has 0 aromatic carbocycles. The summed E-state index contributed by atoms with van der Waals surface area (Å²) in [7, 11) is 1.80. The Kier molecular flexibility index (Phi) is 3.77. The van der Waals surface area contributed by atoms with E-state index in [1.807, 2.05) is 0 Å². The first-order chi connectivity index (χ1) is 8.05. The number of hydrogen-bond acceptors (Lipinski definition) is 1. The molecule has 0 unspecified atom stereocenters. The largest absolute Gasteiger partial charge is 0.380 e. The lowest BCUT2D eigenvalue weighted by Crippen LogP contribution is -1.97. The van der Waals surface area contributed by atoms with Crippen LogP contribution < -0.4 is 0 Å². The SMILES string of the molecule is COC/C1=C\[C@@H]2[C@H](CC/C(C)=C/CC1)C2(C)C. The zero-order valence-electron chi connectivity index (χ0n) is 11.8. The summed E-state index contributed by atoms with van der Waals surface area (Å²) in [6.07, 6.45) is 9.93. The summed E-state index contributed by atoms with van der Waals surface area (Å²) in [5.41, 5.74) is 3.59. The maximum absolute atomic E-state index is 5.32. The molecule has 0 aromatic heterocycles. The van der Waals surface area contributed by atoms with Crippen LogP contribution in [0.1, 0.15) is 46.5 Å². The van der Waals surface area contributed by atoms with Crippen molar-refractivity contribution in [2.75, 3.05) is 13.7 Å². The van der Waals surface area contributed by atoms with E-state index in [9.17, 15) is 0 Å². The lowest BCUT2D eigenvalue weighted by atomic mass is 10.0. The molecule has 17 heavy (non-hydrogen) atoms. The molecule has 0 aliphatic heterocycles. The average Bonchev–Trinajstić information content (AvgIpc) is 2.77. The smallest absolute Gasteiger partial charge is 0.0673 e. The topological polar surface area (TPSA) is 9.23 Å². The van der Waals surface area contributed by atoms with Crippen molar-refractivity contribution in [3.05, 3.63) is 23.3 Å². The summed E-state index contributed by atoms with van der Waals surface area (Å²) in [6, 6.07) is 0. The van der Waals surface area contributed by atoms with Crippen LogP contribution in [0.5, 0.6) is 0 Å². The van der Waals surface area contributed by atoms with Gasteiger partial charge in [-0.15, -0.1) is 0 Å². The molecule has 1 saturated carbocycles. The number of ether oxygens (including phenoxy) is 1. The highest BCUT2D eigenvalue weighted by molar-refractivity contribution is 5.21. The Hall–Kier alpha value is -0.560. The fourth-order valence-corrected chi connectivity index (χ4v) is 3.30.